The minimum absolute atomic E-state index is 0.00446. The number of hydrogen-bond acceptors (Lipinski definition) is 6. The number of ketones is 1. The Kier molecular flexibility index (Phi) is 8.72. The lowest BCUT2D eigenvalue weighted by atomic mass is 9.94. The van der Waals surface area contributed by atoms with Crippen LogP contribution in [-0.2, 0) is 16.2 Å². The molecule has 1 N–H and O–H groups in total. The molecule has 0 aliphatic carbocycles. The quantitative estimate of drug-likeness (QED) is 0.217. The molecule has 1 aliphatic rings. The number of carbonyl (C=O) groups excluding carboxylic acids is 2. The summed E-state index contributed by atoms with van der Waals surface area (Å²) in [7, 11) is 3.82. The van der Waals surface area contributed by atoms with Crippen LogP contribution in [0.25, 0.3) is 5.76 Å². The summed E-state index contributed by atoms with van der Waals surface area (Å²) in [5.74, 6) is -0.140. The van der Waals surface area contributed by atoms with E-state index in [9.17, 15) is 14.7 Å². The molecule has 4 rings (SSSR count). The first-order chi connectivity index (χ1) is 18.7. The number of likely N-dealkylation sites (tertiary alicyclic amines) is 1. The average molecular weight is 529 g/mol. The van der Waals surface area contributed by atoms with Crippen LogP contribution in [0.1, 0.15) is 42.1 Å². The van der Waals surface area contributed by atoms with Gasteiger partial charge >= 0.3 is 0 Å². The van der Waals surface area contributed by atoms with Crippen LogP contribution >= 0.6 is 0 Å². The van der Waals surface area contributed by atoms with Crippen molar-refractivity contribution in [2.45, 2.75) is 39.5 Å². The van der Waals surface area contributed by atoms with E-state index in [1.807, 2.05) is 94.4 Å². The fourth-order valence-corrected chi connectivity index (χ4v) is 4.59. The molecule has 0 radical (unpaired) electrons. The SMILES string of the molecule is Cc1cc(/C(O)=C2/C(=O)C(=O)N(CCN(C)C)C2c2ccc(OCc3ccccc3)cc2)ccc1OC(C)C. The summed E-state index contributed by atoms with van der Waals surface area (Å²) in [5.41, 5.74) is 3.14. The van der Waals surface area contributed by atoms with Crippen molar-refractivity contribution in [3.63, 3.8) is 0 Å². The second-order valence-corrected chi connectivity index (χ2v) is 10.3. The Bertz CT molecular complexity index is 1350. The van der Waals surface area contributed by atoms with Gasteiger partial charge in [0.2, 0.25) is 0 Å². The van der Waals surface area contributed by atoms with Crippen LogP contribution in [0.3, 0.4) is 0 Å². The number of hydrogen-bond donors (Lipinski definition) is 1. The van der Waals surface area contributed by atoms with Gasteiger partial charge in [0.1, 0.15) is 23.9 Å². The van der Waals surface area contributed by atoms with E-state index in [0.717, 1.165) is 16.7 Å². The van der Waals surface area contributed by atoms with Crippen LogP contribution in [0.4, 0.5) is 0 Å². The lowest BCUT2D eigenvalue weighted by Crippen LogP contribution is -2.35. The van der Waals surface area contributed by atoms with Crippen molar-refractivity contribution in [1.29, 1.82) is 0 Å². The number of nitrogens with zero attached hydrogens (tertiary/aromatic N) is 2. The molecular weight excluding hydrogens is 492 g/mol. The van der Waals surface area contributed by atoms with Gasteiger partial charge in [-0.1, -0.05) is 42.5 Å². The highest BCUT2D eigenvalue weighted by Crippen LogP contribution is 2.40. The van der Waals surface area contributed by atoms with Crippen LogP contribution in [-0.4, -0.2) is 59.9 Å². The number of Topliss-reactive ketones (excluding diaryl/α,β-unsaturated/α-hetero) is 1. The van der Waals surface area contributed by atoms with Gasteiger partial charge in [-0.2, -0.15) is 0 Å². The summed E-state index contributed by atoms with van der Waals surface area (Å²) in [6.07, 6.45) is 0.00446. The van der Waals surface area contributed by atoms with Crippen LogP contribution in [0.5, 0.6) is 11.5 Å². The van der Waals surface area contributed by atoms with Crippen molar-refractivity contribution in [3.05, 3.63) is 101 Å². The average Bonchev–Trinajstić information content (AvgIpc) is 3.17. The van der Waals surface area contributed by atoms with E-state index in [4.69, 9.17) is 9.47 Å². The van der Waals surface area contributed by atoms with Crippen molar-refractivity contribution < 1.29 is 24.2 Å². The number of rotatable bonds is 10. The Labute approximate surface area is 230 Å². The van der Waals surface area contributed by atoms with Gasteiger partial charge in [-0.3, -0.25) is 9.59 Å². The number of likely N-dealkylation sites (N-methyl/N-ethyl adjacent to an activating group) is 1. The predicted octanol–water partition coefficient (Wildman–Crippen LogP) is 5.34. The maximum Gasteiger partial charge on any atom is 0.295 e. The molecule has 1 saturated heterocycles. The zero-order valence-electron chi connectivity index (χ0n) is 23.2. The summed E-state index contributed by atoms with van der Waals surface area (Å²) >= 11 is 0. The Morgan fingerprint density at radius 1 is 1.00 bits per heavy atom. The lowest BCUT2D eigenvalue weighted by molar-refractivity contribution is -0.140. The Morgan fingerprint density at radius 3 is 2.31 bits per heavy atom. The minimum Gasteiger partial charge on any atom is -0.507 e. The highest BCUT2D eigenvalue weighted by atomic mass is 16.5. The molecule has 204 valence electrons. The summed E-state index contributed by atoms with van der Waals surface area (Å²) in [5, 5.41) is 11.4. The number of amides is 1. The largest absolute Gasteiger partial charge is 0.507 e. The summed E-state index contributed by atoms with van der Waals surface area (Å²) in [6, 6.07) is 21.8. The van der Waals surface area contributed by atoms with Gasteiger partial charge in [-0.15, -0.1) is 0 Å². The standard InChI is InChI=1S/C32H36N2O5/c1-21(2)39-27-16-13-25(19-22(27)3)30(35)28-29(34(18-17-33(4)5)32(37)31(28)36)24-11-14-26(15-12-24)38-20-23-9-7-6-8-10-23/h6-16,19,21,29,35H,17-18,20H2,1-5H3/b30-28-. The van der Waals surface area contributed by atoms with E-state index in [0.29, 0.717) is 36.8 Å². The zero-order valence-corrected chi connectivity index (χ0v) is 23.2. The molecule has 1 amide bonds. The fourth-order valence-electron chi connectivity index (χ4n) is 4.59. The molecule has 1 unspecified atom stereocenters. The van der Waals surface area contributed by atoms with Crippen molar-refractivity contribution in [2.75, 3.05) is 27.2 Å². The molecule has 3 aromatic rings. The predicted molar refractivity (Wildman–Crippen MR) is 152 cm³/mol. The van der Waals surface area contributed by atoms with E-state index in [1.54, 1.807) is 18.2 Å². The van der Waals surface area contributed by atoms with Crippen LogP contribution in [0.15, 0.2) is 78.4 Å². The second-order valence-electron chi connectivity index (χ2n) is 10.3. The molecular formula is C32H36N2O5. The summed E-state index contributed by atoms with van der Waals surface area (Å²) < 4.78 is 11.7. The maximum atomic E-state index is 13.3. The topological polar surface area (TPSA) is 79.3 Å². The molecule has 1 heterocycles. The van der Waals surface area contributed by atoms with Gasteiger partial charge in [0, 0.05) is 18.7 Å². The van der Waals surface area contributed by atoms with Gasteiger partial charge in [-0.25, -0.2) is 0 Å². The number of aliphatic hydroxyl groups is 1. The Morgan fingerprint density at radius 2 is 1.69 bits per heavy atom. The van der Waals surface area contributed by atoms with E-state index in [-0.39, 0.29) is 17.4 Å². The van der Waals surface area contributed by atoms with E-state index in [2.05, 4.69) is 0 Å². The normalized spacial score (nSPS) is 16.8. The molecule has 7 nitrogen and oxygen atoms in total. The van der Waals surface area contributed by atoms with Gasteiger partial charge in [-0.05, 0) is 81.9 Å². The maximum absolute atomic E-state index is 13.3. The molecule has 1 atom stereocenters. The van der Waals surface area contributed by atoms with Crippen LogP contribution < -0.4 is 9.47 Å². The highest BCUT2D eigenvalue weighted by molar-refractivity contribution is 6.46. The van der Waals surface area contributed by atoms with E-state index in [1.165, 1.54) is 4.90 Å². The number of ether oxygens (including phenoxy) is 2. The third kappa shape index (κ3) is 6.49. The molecule has 0 aromatic heterocycles. The van der Waals surface area contributed by atoms with Crippen molar-refractivity contribution in [3.8, 4) is 11.5 Å². The second kappa shape index (κ2) is 12.2. The number of carbonyl (C=O) groups is 2. The van der Waals surface area contributed by atoms with Gasteiger partial charge in [0.05, 0.1) is 17.7 Å². The van der Waals surface area contributed by atoms with Gasteiger partial charge in [0.15, 0.2) is 0 Å². The Balaban J connectivity index is 1.69. The molecule has 0 spiro atoms. The molecule has 3 aromatic carbocycles. The highest BCUT2D eigenvalue weighted by Gasteiger charge is 2.45. The fraction of sp³-hybridized carbons (Fsp3) is 0.312. The molecule has 1 aliphatic heterocycles. The number of benzene rings is 3. The first-order valence-electron chi connectivity index (χ1n) is 13.1. The number of aliphatic hydroxyl groups excluding tert-OH is 1. The molecule has 1 fully saturated rings. The van der Waals surface area contributed by atoms with Crippen LogP contribution in [0.2, 0.25) is 0 Å². The van der Waals surface area contributed by atoms with Gasteiger partial charge in [0.25, 0.3) is 11.7 Å². The van der Waals surface area contributed by atoms with Crippen LogP contribution in [0, 0.1) is 6.92 Å². The summed E-state index contributed by atoms with van der Waals surface area (Å²) in [4.78, 5) is 30.0. The smallest absolute Gasteiger partial charge is 0.295 e. The molecule has 7 heteroatoms. The summed E-state index contributed by atoms with van der Waals surface area (Å²) in [6.45, 7) is 7.11. The Hall–Kier alpha value is -4.10. The van der Waals surface area contributed by atoms with E-state index < -0.39 is 17.7 Å². The third-order valence-corrected chi connectivity index (χ3v) is 6.58. The van der Waals surface area contributed by atoms with E-state index >= 15 is 0 Å². The third-order valence-electron chi connectivity index (χ3n) is 6.58. The first-order valence-corrected chi connectivity index (χ1v) is 13.1. The lowest BCUT2D eigenvalue weighted by Gasteiger charge is -2.26. The molecule has 0 bridgehead atoms. The zero-order chi connectivity index (χ0) is 28.1. The monoisotopic (exact) mass is 528 g/mol. The van der Waals surface area contributed by atoms with Crippen molar-refractivity contribution in [1.82, 2.24) is 9.80 Å². The first kappa shape index (κ1) is 27.9. The number of aryl methyl sites for hydroxylation is 1. The van der Waals surface area contributed by atoms with Crippen molar-refractivity contribution >= 4 is 17.4 Å². The van der Waals surface area contributed by atoms with Gasteiger partial charge < -0.3 is 24.4 Å². The molecule has 0 saturated carbocycles. The molecule has 39 heavy (non-hydrogen) atoms. The minimum atomic E-state index is -0.722. The van der Waals surface area contributed by atoms with Crippen molar-refractivity contribution in [2.24, 2.45) is 0 Å².